The van der Waals surface area contributed by atoms with Crippen LogP contribution in [0.5, 0.6) is 0 Å². The summed E-state index contributed by atoms with van der Waals surface area (Å²) in [6.45, 7) is 9.09. The van der Waals surface area contributed by atoms with Crippen LogP contribution < -0.4 is 0 Å². The number of hydrogen-bond donors (Lipinski definition) is 0. The lowest BCUT2D eigenvalue weighted by atomic mass is 9.78. The molecule has 2 heteroatoms. The minimum atomic E-state index is -0.622. The highest BCUT2D eigenvalue weighted by atomic mass is 127. The van der Waals surface area contributed by atoms with Crippen molar-refractivity contribution in [3.8, 4) is 0 Å². The first-order valence-corrected chi connectivity index (χ1v) is 9.63. The lowest BCUT2D eigenvalue weighted by Gasteiger charge is -2.29. The molecule has 2 aliphatic rings. The summed E-state index contributed by atoms with van der Waals surface area (Å²) in [6.07, 6.45) is 7.72. The van der Waals surface area contributed by atoms with Crippen molar-refractivity contribution >= 4 is 22.6 Å². The van der Waals surface area contributed by atoms with Gasteiger partial charge >= 0.3 is 0 Å². The van der Waals surface area contributed by atoms with E-state index in [-0.39, 0.29) is 0 Å². The van der Waals surface area contributed by atoms with Crippen LogP contribution in [0.25, 0.3) is 0 Å². The molecule has 3 atom stereocenters. The highest BCUT2D eigenvalue weighted by Gasteiger charge is 2.36. The molecule has 0 heterocycles. The molecule has 0 aromatic carbocycles. The highest BCUT2D eigenvalue weighted by molar-refractivity contribution is 14.1. The van der Waals surface area contributed by atoms with Gasteiger partial charge in [-0.25, -0.2) is 4.39 Å². The Labute approximate surface area is 137 Å². The molecule has 0 aliphatic heterocycles. The van der Waals surface area contributed by atoms with E-state index in [2.05, 4.69) is 49.1 Å². The molecule has 0 saturated heterocycles. The Hall–Kier alpha value is 0.140. The van der Waals surface area contributed by atoms with Gasteiger partial charge in [-0.2, -0.15) is 0 Å². The molecule has 1 saturated carbocycles. The van der Waals surface area contributed by atoms with Gasteiger partial charge < -0.3 is 0 Å². The summed E-state index contributed by atoms with van der Waals surface area (Å²) in [5, 5.41) is 0. The van der Waals surface area contributed by atoms with E-state index >= 15 is 0 Å². The largest absolute Gasteiger partial charge is 0.247 e. The minimum Gasteiger partial charge on any atom is -0.247 e. The quantitative estimate of drug-likeness (QED) is 0.363. The summed E-state index contributed by atoms with van der Waals surface area (Å²) in [6, 6.07) is 0. The third-order valence-corrected chi connectivity index (χ3v) is 6.23. The third-order valence-electron chi connectivity index (χ3n) is 5.10. The Morgan fingerprint density at radius 3 is 2.55 bits per heavy atom. The summed E-state index contributed by atoms with van der Waals surface area (Å²) in [5.41, 5.74) is 2.71. The molecule has 0 radical (unpaired) electrons. The van der Waals surface area contributed by atoms with E-state index in [1.54, 1.807) is 0 Å². The van der Waals surface area contributed by atoms with Crippen LogP contribution in [0.4, 0.5) is 4.39 Å². The fraction of sp³-hybridized carbons (Fsp3) is 0.778. The Bertz CT molecular complexity index is 368. The monoisotopic (exact) mass is 390 g/mol. The molecule has 0 bridgehead atoms. The Balaban J connectivity index is 2.03. The van der Waals surface area contributed by atoms with Crippen LogP contribution in [0, 0.1) is 23.7 Å². The Kier molecular flexibility index (Phi) is 6.12. The van der Waals surface area contributed by atoms with Gasteiger partial charge in [0.25, 0.3) is 0 Å². The molecule has 2 rings (SSSR count). The van der Waals surface area contributed by atoms with Crippen LogP contribution in [0.1, 0.15) is 52.4 Å². The summed E-state index contributed by atoms with van der Waals surface area (Å²) >= 11 is 2.53. The normalized spacial score (nSPS) is 26.2. The van der Waals surface area contributed by atoms with E-state index in [9.17, 15) is 4.39 Å². The Morgan fingerprint density at radius 2 is 2.10 bits per heavy atom. The van der Waals surface area contributed by atoms with Crippen LogP contribution >= 0.6 is 22.6 Å². The van der Waals surface area contributed by atoms with E-state index in [1.807, 2.05) is 0 Å². The number of halogens is 2. The van der Waals surface area contributed by atoms with E-state index in [1.165, 1.54) is 34.8 Å². The van der Waals surface area contributed by atoms with Gasteiger partial charge in [0.15, 0.2) is 0 Å². The van der Waals surface area contributed by atoms with Crippen LogP contribution in [-0.4, -0.2) is 10.6 Å². The molecule has 0 amide bonds. The maximum atomic E-state index is 13.3. The average molecular weight is 390 g/mol. The zero-order valence-electron chi connectivity index (χ0n) is 12.9. The van der Waals surface area contributed by atoms with Crippen LogP contribution in [0.3, 0.4) is 0 Å². The van der Waals surface area contributed by atoms with Gasteiger partial charge in [-0.1, -0.05) is 49.1 Å². The van der Waals surface area contributed by atoms with Gasteiger partial charge in [-0.15, -0.1) is 0 Å². The number of rotatable bonds is 7. The zero-order valence-corrected chi connectivity index (χ0v) is 15.0. The maximum Gasteiger partial charge on any atom is 0.104 e. The van der Waals surface area contributed by atoms with Gasteiger partial charge in [0, 0.05) is 4.43 Å². The van der Waals surface area contributed by atoms with Crippen molar-refractivity contribution in [3.63, 3.8) is 0 Å². The van der Waals surface area contributed by atoms with E-state index < -0.39 is 6.17 Å². The van der Waals surface area contributed by atoms with Crippen molar-refractivity contribution in [1.29, 1.82) is 0 Å². The fourth-order valence-corrected chi connectivity index (χ4v) is 4.67. The van der Waals surface area contributed by atoms with E-state index in [0.29, 0.717) is 18.8 Å². The van der Waals surface area contributed by atoms with Crippen molar-refractivity contribution in [3.05, 3.63) is 23.8 Å². The summed E-state index contributed by atoms with van der Waals surface area (Å²) in [7, 11) is 0. The van der Waals surface area contributed by atoms with Crippen molar-refractivity contribution in [2.24, 2.45) is 23.7 Å². The minimum absolute atomic E-state index is 0.603. The molecule has 0 aromatic heterocycles. The number of alkyl halides is 2. The third kappa shape index (κ3) is 4.32. The van der Waals surface area contributed by atoms with Crippen LogP contribution in [-0.2, 0) is 0 Å². The van der Waals surface area contributed by atoms with Gasteiger partial charge in [0.2, 0.25) is 0 Å². The molecular weight excluding hydrogens is 362 g/mol. The van der Waals surface area contributed by atoms with Gasteiger partial charge in [0.05, 0.1) is 0 Å². The van der Waals surface area contributed by atoms with Gasteiger partial charge in [-0.05, 0) is 73.3 Å². The number of allylic oxidation sites excluding steroid dienone is 3. The number of hydrogen-bond acceptors (Lipinski definition) is 0. The topological polar surface area (TPSA) is 0 Å². The van der Waals surface area contributed by atoms with Gasteiger partial charge in [-0.3, -0.25) is 0 Å². The second kappa shape index (κ2) is 7.42. The molecule has 114 valence electrons. The van der Waals surface area contributed by atoms with E-state index in [0.717, 1.165) is 24.2 Å². The van der Waals surface area contributed by atoms with Crippen LogP contribution in [0.15, 0.2) is 23.8 Å². The lowest BCUT2D eigenvalue weighted by Crippen LogP contribution is -2.20. The summed E-state index contributed by atoms with van der Waals surface area (Å²) < 4.78 is 14.5. The van der Waals surface area contributed by atoms with Gasteiger partial charge in [0.1, 0.15) is 6.17 Å². The molecule has 2 unspecified atom stereocenters. The second-order valence-electron chi connectivity index (χ2n) is 6.96. The SMILES string of the molecule is C=C(C1=CC[C@H](F)CC1)C(CC(CI)C(C)C)C1CC1. The molecule has 0 aromatic rings. The fourth-order valence-electron chi connectivity index (χ4n) is 3.29. The highest BCUT2D eigenvalue weighted by Crippen LogP contribution is 2.47. The molecule has 2 aliphatic carbocycles. The first kappa shape index (κ1) is 16.5. The van der Waals surface area contributed by atoms with Crippen molar-refractivity contribution in [2.45, 2.75) is 58.5 Å². The van der Waals surface area contributed by atoms with Crippen molar-refractivity contribution in [2.75, 3.05) is 4.43 Å². The molecular formula is C18H28FI. The average Bonchev–Trinajstić information content (AvgIpc) is 3.24. The molecule has 0 spiro atoms. The maximum absolute atomic E-state index is 13.3. The standard InChI is InChI=1S/C18H28FI/c1-12(2)16(11-20)10-18(15-4-5-15)13(3)14-6-8-17(19)9-7-14/h6,12,15-18H,3-5,7-11H2,1-2H3/t16?,17-,18?/m0/s1. The van der Waals surface area contributed by atoms with E-state index in [4.69, 9.17) is 0 Å². The lowest BCUT2D eigenvalue weighted by molar-refractivity contribution is 0.303. The smallest absolute Gasteiger partial charge is 0.104 e. The Morgan fingerprint density at radius 1 is 1.40 bits per heavy atom. The molecule has 1 fully saturated rings. The van der Waals surface area contributed by atoms with Crippen LogP contribution in [0.2, 0.25) is 0 Å². The first-order chi connectivity index (χ1) is 9.52. The zero-order chi connectivity index (χ0) is 14.7. The molecule has 0 N–H and O–H groups in total. The molecule has 20 heavy (non-hydrogen) atoms. The summed E-state index contributed by atoms with van der Waals surface area (Å²) in [5.74, 6) is 3.04. The molecule has 0 nitrogen and oxygen atoms in total. The predicted octanol–water partition coefficient (Wildman–Crippen LogP) is 6.11. The second-order valence-corrected chi connectivity index (χ2v) is 7.85. The van der Waals surface area contributed by atoms with Crippen molar-refractivity contribution in [1.82, 2.24) is 0 Å². The predicted molar refractivity (Wildman–Crippen MR) is 94.0 cm³/mol. The first-order valence-electron chi connectivity index (χ1n) is 8.11. The van der Waals surface area contributed by atoms with Crippen molar-refractivity contribution < 1.29 is 4.39 Å². The summed E-state index contributed by atoms with van der Waals surface area (Å²) in [4.78, 5) is 0.